The van der Waals surface area contributed by atoms with Crippen molar-refractivity contribution in [3.8, 4) is 5.88 Å². The minimum atomic E-state index is -0.482. The van der Waals surface area contributed by atoms with Crippen molar-refractivity contribution in [2.45, 2.75) is 20.1 Å². The van der Waals surface area contributed by atoms with Crippen LogP contribution >= 0.6 is 0 Å². The highest BCUT2D eigenvalue weighted by Crippen LogP contribution is 2.20. The molecule has 1 aromatic heterocycles. The van der Waals surface area contributed by atoms with Gasteiger partial charge in [-0.1, -0.05) is 30.3 Å². The van der Waals surface area contributed by atoms with E-state index in [-0.39, 0.29) is 25.3 Å². The van der Waals surface area contributed by atoms with Gasteiger partial charge in [0.1, 0.15) is 12.2 Å². The van der Waals surface area contributed by atoms with Gasteiger partial charge in [0, 0.05) is 0 Å². The first-order valence-corrected chi connectivity index (χ1v) is 6.76. The van der Waals surface area contributed by atoms with E-state index in [0.717, 1.165) is 5.56 Å². The monoisotopic (exact) mass is 290 g/mol. The molecule has 21 heavy (non-hydrogen) atoms. The largest absolute Gasteiger partial charge is 0.472 e. The molecule has 0 unspecified atom stereocenters. The molecule has 6 nitrogen and oxygen atoms in total. The fourth-order valence-electron chi connectivity index (χ4n) is 1.86. The average molecular weight is 290 g/mol. The van der Waals surface area contributed by atoms with Gasteiger partial charge in [-0.3, -0.25) is 0 Å². The molecule has 112 valence electrons. The van der Waals surface area contributed by atoms with E-state index < -0.39 is 5.97 Å². The quantitative estimate of drug-likeness (QED) is 0.785. The molecule has 0 saturated heterocycles. The Hall–Kier alpha value is -2.34. The molecular formula is C15H18N2O4. The Morgan fingerprint density at radius 2 is 2.10 bits per heavy atom. The second kappa shape index (κ2) is 7.44. The summed E-state index contributed by atoms with van der Waals surface area (Å²) in [5.41, 5.74) is 1.24. The summed E-state index contributed by atoms with van der Waals surface area (Å²) in [6.07, 6.45) is 1.40. The van der Waals surface area contributed by atoms with Gasteiger partial charge in [-0.15, -0.1) is 0 Å². The maximum atomic E-state index is 11.9. The number of aliphatic hydroxyl groups excluding tert-OH is 1. The van der Waals surface area contributed by atoms with E-state index in [0.29, 0.717) is 12.5 Å². The summed E-state index contributed by atoms with van der Waals surface area (Å²) in [7, 11) is 0. The van der Waals surface area contributed by atoms with Gasteiger partial charge in [-0.05, 0) is 12.5 Å². The lowest BCUT2D eigenvalue weighted by atomic mass is 10.2. The van der Waals surface area contributed by atoms with Crippen LogP contribution in [0, 0.1) is 0 Å². The van der Waals surface area contributed by atoms with Crippen molar-refractivity contribution in [2.75, 3.05) is 13.2 Å². The van der Waals surface area contributed by atoms with Gasteiger partial charge >= 0.3 is 5.97 Å². The first kappa shape index (κ1) is 15.1. The summed E-state index contributed by atoms with van der Waals surface area (Å²) in [4.78, 5) is 11.9. The van der Waals surface area contributed by atoms with Gasteiger partial charge in [0.05, 0.1) is 26.0 Å². The van der Waals surface area contributed by atoms with E-state index in [1.54, 1.807) is 6.92 Å². The van der Waals surface area contributed by atoms with E-state index in [1.165, 1.54) is 10.9 Å². The maximum absolute atomic E-state index is 11.9. The standard InChI is InChI=1S/C15H18N2O4/c1-2-20-15(19)13-10-16-17(8-9-18)14(13)21-11-12-6-4-3-5-7-12/h3-7,10,18H,2,8-9,11H2,1H3. The summed E-state index contributed by atoms with van der Waals surface area (Å²) >= 11 is 0. The Kier molecular flexibility index (Phi) is 5.34. The third-order valence-corrected chi connectivity index (χ3v) is 2.82. The number of benzene rings is 1. The third kappa shape index (κ3) is 3.82. The predicted molar refractivity (Wildman–Crippen MR) is 76.0 cm³/mol. The van der Waals surface area contributed by atoms with Crippen LogP contribution in [0.15, 0.2) is 36.5 Å². The number of aliphatic hydroxyl groups is 1. The molecule has 1 N–H and O–H groups in total. The number of rotatable bonds is 7. The molecule has 2 rings (SSSR count). The van der Waals surface area contributed by atoms with Crippen molar-refractivity contribution >= 4 is 5.97 Å². The number of hydrogen-bond acceptors (Lipinski definition) is 5. The number of carbonyl (C=O) groups excluding carboxylic acids is 1. The molecule has 6 heteroatoms. The fourth-order valence-corrected chi connectivity index (χ4v) is 1.86. The van der Waals surface area contributed by atoms with Gasteiger partial charge in [-0.2, -0.15) is 5.10 Å². The Balaban J connectivity index is 2.18. The van der Waals surface area contributed by atoms with E-state index in [1.807, 2.05) is 30.3 Å². The number of esters is 1. The normalized spacial score (nSPS) is 10.4. The van der Waals surface area contributed by atoms with E-state index in [9.17, 15) is 4.79 Å². The highest BCUT2D eigenvalue weighted by atomic mass is 16.5. The van der Waals surface area contributed by atoms with Crippen LogP contribution in [0.4, 0.5) is 0 Å². The van der Waals surface area contributed by atoms with Gasteiger partial charge < -0.3 is 14.6 Å². The minimum absolute atomic E-state index is 0.0916. The molecule has 0 spiro atoms. The van der Waals surface area contributed by atoms with Gasteiger partial charge in [-0.25, -0.2) is 9.48 Å². The molecule has 1 aromatic carbocycles. The van der Waals surface area contributed by atoms with Crippen LogP contribution in [-0.2, 0) is 17.9 Å². The number of ether oxygens (including phenoxy) is 2. The molecule has 0 fully saturated rings. The van der Waals surface area contributed by atoms with Crippen molar-refractivity contribution in [3.63, 3.8) is 0 Å². The fraction of sp³-hybridized carbons (Fsp3) is 0.333. The molecule has 0 aliphatic heterocycles. The zero-order valence-electron chi connectivity index (χ0n) is 11.9. The number of aromatic nitrogens is 2. The van der Waals surface area contributed by atoms with Crippen LogP contribution in [0.1, 0.15) is 22.8 Å². The summed E-state index contributed by atoms with van der Waals surface area (Å²) in [6.45, 7) is 2.49. The molecule has 0 aliphatic carbocycles. The summed E-state index contributed by atoms with van der Waals surface area (Å²) < 4.78 is 12.1. The molecular weight excluding hydrogens is 272 g/mol. The van der Waals surface area contributed by atoms with Gasteiger partial charge in [0.15, 0.2) is 0 Å². The van der Waals surface area contributed by atoms with E-state index in [2.05, 4.69) is 5.10 Å². The molecule has 0 amide bonds. The van der Waals surface area contributed by atoms with Gasteiger partial charge in [0.25, 0.3) is 0 Å². The Bertz CT molecular complexity index is 581. The lowest BCUT2D eigenvalue weighted by Crippen LogP contribution is -2.11. The highest BCUT2D eigenvalue weighted by Gasteiger charge is 2.20. The smallest absolute Gasteiger partial charge is 0.345 e. The summed E-state index contributed by atoms with van der Waals surface area (Å²) in [6, 6.07) is 9.60. The zero-order valence-corrected chi connectivity index (χ0v) is 11.9. The lowest BCUT2D eigenvalue weighted by molar-refractivity contribution is 0.0520. The van der Waals surface area contributed by atoms with Crippen LogP contribution in [0.2, 0.25) is 0 Å². The Morgan fingerprint density at radius 1 is 1.33 bits per heavy atom. The molecule has 2 aromatic rings. The number of carbonyl (C=O) groups is 1. The van der Waals surface area contributed by atoms with Crippen molar-refractivity contribution < 1.29 is 19.4 Å². The molecule has 0 bridgehead atoms. The van der Waals surface area contributed by atoms with E-state index in [4.69, 9.17) is 14.6 Å². The van der Waals surface area contributed by atoms with Crippen LogP contribution in [0.5, 0.6) is 5.88 Å². The van der Waals surface area contributed by atoms with Gasteiger partial charge in [0.2, 0.25) is 5.88 Å². The first-order chi connectivity index (χ1) is 10.3. The molecule has 0 radical (unpaired) electrons. The maximum Gasteiger partial charge on any atom is 0.345 e. The Labute approximate surface area is 122 Å². The summed E-state index contributed by atoms with van der Waals surface area (Å²) in [5.74, 6) is -0.170. The number of hydrogen-bond donors (Lipinski definition) is 1. The highest BCUT2D eigenvalue weighted by molar-refractivity contribution is 5.91. The molecule has 0 atom stereocenters. The molecule has 0 aliphatic rings. The number of nitrogens with zero attached hydrogens (tertiary/aromatic N) is 2. The molecule has 1 heterocycles. The first-order valence-electron chi connectivity index (χ1n) is 6.76. The third-order valence-electron chi connectivity index (χ3n) is 2.82. The van der Waals surface area contributed by atoms with Crippen molar-refractivity contribution in [1.29, 1.82) is 0 Å². The van der Waals surface area contributed by atoms with Crippen molar-refractivity contribution in [3.05, 3.63) is 47.7 Å². The van der Waals surface area contributed by atoms with Crippen LogP contribution in [0.25, 0.3) is 0 Å². The van der Waals surface area contributed by atoms with Crippen LogP contribution in [0.3, 0.4) is 0 Å². The second-order valence-electron chi connectivity index (χ2n) is 4.30. The average Bonchev–Trinajstić information content (AvgIpc) is 2.90. The van der Waals surface area contributed by atoms with Crippen molar-refractivity contribution in [1.82, 2.24) is 9.78 Å². The minimum Gasteiger partial charge on any atom is -0.472 e. The topological polar surface area (TPSA) is 73.6 Å². The van der Waals surface area contributed by atoms with Crippen molar-refractivity contribution in [2.24, 2.45) is 0 Å². The Morgan fingerprint density at radius 3 is 2.76 bits per heavy atom. The van der Waals surface area contributed by atoms with E-state index >= 15 is 0 Å². The lowest BCUT2D eigenvalue weighted by Gasteiger charge is -2.10. The SMILES string of the molecule is CCOC(=O)c1cnn(CCO)c1OCc1ccccc1. The zero-order chi connectivity index (χ0) is 15.1. The summed E-state index contributed by atoms with van der Waals surface area (Å²) in [5, 5.41) is 13.1. The molecule has 0 saturated carbocycles. The van der Waals surface area contributed by atoms with Crippen LogP contribution in [-0.4, -0.2) is 34.1 Å². The van der Waals surface area contributed by atoms with Crippen LogP contribution < -0.4 is 4.74 Å². The second-order valence-corrected chi connectivity index (χ2v) is 4.30. The predicted octanol–water partition coefficient (Wildman–Crippen LogP) is 1.63.